The standard InChI is InChI=1S/C45H84N2O3/c1-3-5-7-9-11-13-15-17-19-20-21-23-25-27-29-34-40-47(45(48)50-43-36-39-46-37-32-31-33-38-46)41-44-49-42-35-30-28-26-24-22-18-16-14-12-10-8-6-4-2/h11,13-14,16-17,19H,3-10,12,15,18,20-44H2,1-2H3. The fourth-order valence-electron chi connectivity index (χ4n) is 6.68. The van der Waals surface area contributed by atoms with E-state index in [-0.39, 0.29) is 6.09 Å². The molecule has 5 nitrogen and oxygen atoms in total. The molecule has 0 aromatic carbocycles. The summed E-state index contributed by atoms with van der Waals surface area (Å²) in [6, 6.07) is 0. The van der Waals surface area contributed by atoms with E-state index in [1.165, 1.54) is 167 Å². The first-order valence-corrected chi connectivity index (χ1v) is 21.9. The molecule has 292 valence electrons. The first-order valence-electron chi connectivity index (χ1n) is 21.9. The monoisotopic (exact) mass is 701 g/mol. The van der Waals surface area contributed by atoms with Crippen LogP contribution >= 0.6 is 0 Å². The highest BCUT2D eigenvalue weighted by molar-refractivity contribution is 5.67. The zero-order valence-corrected chi connectivity index (χ0v) is 33.5. The van der Waals surface area contributed by atoms with Crippen LogP contribution in [-0.2, 0) is 9.47 Å². The molecule has 0 radical (unpaired) electrons. The highest BCUT2D eigenvalue weighted by Gasteiger charge is 2.15. The zero-order chi connectivity index (χ0) is 35.8. The van der Waals surface area contributed by atoms with Crippen LogP contribution < -0.4 is 0 Å². The van der Waals surface area contributed by atoms with Gasteiger partial charge in [0.25, 0.3) is 0 Å². The first kappa shape index (κ1) is 46.4. The maximum absolute atomic E-state index is 13.0. The highest BCUT2D eigenvalue weighted by Crippen LogP contribution is 2.12. The third kappa shape index (κ3) is 32.3. The molecule has 0 N–H and O–H groups in total. The molecular formula is C45H84N2O3. The number of hydrogen-bond donors (Lipinski definition) is 0. The molecule has 0 unspecified atom stereocenters. The van der Waals surface area contributed by atoms with Gasteiger partial charge in [-0.15, -0.1) is 0 Å². The number of rotatable bonds is 36. The number of nitrogens with zero attached hydrogens (tertiary/aromatic N) is 2. The first-order chi connectivity index (χ1) is 24.8. The molecule has 1 fully saturated rings. The van der Waals surface area contributed by atoms with E-state index in [0.717, 1.165) is 45.4 Å². The summed E-state index contributed by atoms with van der Waals surface area (Å²) in [6.45, 7) is 11.3. The van der Waals surface area contributed by atoms with Crippen molar-refractivity contribution >= 4 is 6.09 Å². The van der Waals surface area contributed by atoms with Crippen LogP contribution in [0.2, 0.25) is 0 Å². The lowest BCUT2D eigenvalue weighted by atomic mass is 10.1. The largest absolute Gasteiger partial charge is 0.449 e. The number of amides is 1. The van der Waals surface area contributed by atoms with Gasteiger partial charge in [-0.2, -0.15) is 0 Å². The number of carbonyl (C=O) groups excluding carboxylic acids is 1. The summed E-state index contributed by atoms with van der Waals surface area (Å²) in [5.41, 5.74) is 0. The molecule has 0 aromatic rings. The van der Waals surface area contributed by atoms with Gasteiger partial charge >= 0.3 is 6.09 Å². The van der Waals surface area contributed by atoms with Crippen LogP contribution in [0.3, 0.4) is 0 Å². The number of hydrogen-bond acceptors (Lipinski definition) is 4. The average molecular weight is 701 g/mol. The van der Waals surface area contributed by atoms with Crippen molar-refractivity contribution in [3.63, 3.8) is 0 Å². The Morgan fingerprint density at radius 1 is 0.520 bits per heavy atom. The van der Waals surface area contributed by atoms with Crippen molar-refractivity contribution in [1.29, 1.82) is 0 Å². The minimum Gasteiger partial charge on any atom is -0.449 e. The summed E-state index contributed by atoms with van der Waals surface area (Å²) in [6.07, 6.45) is 49.2. The quantitative estimate of drug-likeness (QED) is 0.0482. The molecule has 50 heavy (non-hydrogen) atoms. The predicted molar refractivity (Wildman–Crippen MR) is 218 cm³/mol. The Balaban J connectivity index is 2.15. The summed E-state index contributed by atoms with van der Waals surface area (Å²) in [5.74, 6) is 0. The predicted octanol–water partition coefficient (Wildman–Crippen LogP) is 13.4. The van der Waals surface area contributed by atoms with Crippen molar-refractivity contribution < 1.29 is 14.3 Å². The summed E-state index contributed by atoms with van der Waals surface area (Å²) < 4.78 is 11.7. The molecule has 0 spiro atoms. The van der Waals surface area contributed by atoms with Gasteiger partial charge in [0.2, 0.25) is 0 Å². The summed E-state index contributed by atoms with van der Waals surface area (Å²) in [5, 5.41) is 0. The van der Waals surface area contributed by atoms with E-state index in [9.17, 15) is 4.79 Å². The molecule has 1 rings (SSSR count). The van der Waals surface area contributed by atoms with E-state index < -0.39 is 0 Å². The fourth-order valence-corrected chi connectivity index (χ4v) is 6.68. The Morgan fingerprint density at radius 2 is 1.02 bits per heavy atom. The fraction of sp³-hybridized carbons (Fsp3) is 0.844. The molecule has 1 aliphatic rings. The second kappa shape index (κ2) is 38.6. The van der Waals surface area contributed by atoms with Crippen molar-refractivity contribution in [2.24, 2.45) is 0 Å². The Morgan fingerprint density at radius 3 is 1.64 bits per heavy atom. The van der Waals surface area contributed by atoms with Crippen LogP contribution in [0.15, 0.2) is 36.5 Å². The molecule has 1 aliphatic heterocycles. The zero-order valence-electron chi connectivity index (χ0n) is 33.5. The lowest BCUT2D eigenvalue weighted by molar-refractivity contribution is 0.0704. The maximum atomic E-state index is 13.0. The van der Waals surface area contributed by atoms with Gasteiger partial charge < -0.3 is 19.3 Å². The number of unbranched alkanes of at least 4 members (excludes halogenated alkanes) is 19. The summed E-state index contributed by atoms with van der Waals surface area (Å²) >= 11 is 0. The molecule has 0 aliphatic carbocycles. The molecule has 0 bridgehead atoms. The Labute approximate surface area is 312 Å². The van der Waals surface area contributed by atoms with Gasteiger partial charge in [-0.05, 0) is 103 Å². The van der Waals surface area contributed by atoms with E-state index in [0.29, 0.717) is 19.8 Å². The van der Waals surface area contributed by atoms with Gasteiger partial charge in [0.1, 0.15) is 0 Å². The second-order valence-electron chi connectivity index (χ2n) is 14.8. The number of ether oxygens (including phenoxy) is 2. The topological polar surface area (TPSA) is 42.0 Å². The van der Waals surface area contributed by atoms with E-state index in [1.54, 1.807) is 0 Å². The van der Waals surface area contributed by atoms with E-state index >= 15 is 0 Å². The molecule has 0 aromatic heterocycles. The average Bonchev–Trinajstić information content (AvgIpc) is 3.14. The highest BCUT2D eigenvalue weighted by atomic mass is 16.6. The Bertz CT molecular complexity index is 789. The number of piperidine rings is 1. The van der Waals surface area contributed by atoms with Crippen molar-refractivity contribution in [2.45, 2.75) is 194 Å². The van der Waals surface area contributed by atoms with Gasteiger partial charge in [-0.1, -0.05) is 140 Å². The summed E-state index contributed by atoms with van der Waals surface area (Å²) in [7, 11) is 0. The third-order valence-electron chi connectivity index (χ3n) is 9.99. The molecule has 1 saturated heterocycles. The lowest BCUT2D eigenvalue weighted by Gasteiger charge is -2.26. The number of allylic oxidation sites excluding steroid dienone is 6. The Kier molecular flexibility index (Phi) is 35.9. The molecule has 1 heterocycles. The van der Waals surface area contributed by atoms with Crippen LogP contribution in [0.4, 0.5) is 4.79 Å². The third-order valence-corrected chi connectivity index (χ3v) is 9.99. The minimum absolute atomic E-state index is 0.152. The van der Waals surface area contributed by atoms with Crippen molar-refractivity contribution in [2.75, 3.05) is 52.5 Å². The van der Waals surface area contributed by atoms with Gasteiger partial charge in [-0.3, -0.25) is 0 Å². The number of likely N-dealkylation sites (tertiary alicyclic amines) is 1. The molecule has 5 heteroatoms. The molecule has 0 atom stereocenters. The van der Waals surface area contributed by atoms with Crippen molar-refractivity contribution in [3.8, 4) is 0 Å². The van der Waals surface area contributed by atoms with E-state index in [1.807, 2.05) is 4.90 Å². The van der Waals surface area contributed by atoms with Gasteiger partial charge in [0.05, 0.1) is 13.2 Å². The van der Waals surface area contributed by atoms with Gasteiger partial charge in [0, 0.05) is 26.2 Å². The van der Waals surface area contributed by atoms with Crippen LogP contribution in [0.25, 0.3) is 0 Å². The Hall–Kier alpha value is -1.59. The van der Waals surface area contributed by atoms with Crippen LogP contribution in [-0.4, -0.2) is 68.4 Å². The van der Waals surface area contributed by atoms with Crippen LogP contribution in [0.1, 0.15) is 194 Å². The second-order valence-corrected chi connectivity index (χ2v) is 14.8. The SMILES string of the molecule is CCCCCC=CCC=CCCCCCCCCN(CCOCCCCCCCCC=CCCCCCC)C(=O)OCCCN1CCCCC1. The van der Waals surface area contributed by atoms with Crippen molar-refractivity contribution in [3.05, 3.63) is 36.5 Å². The van der Waals surface area contributed by atoms with Crippen molar-refractivity contribution in [1.82, 2.24) is 9.80 Å². The maximum Gasteiger partial charge on any atom is 0.409 e. The van der Waals surface area contributed by atoms with E-state index in [2.05, 4.69) is 55.2 Å². The number of carbonyl (C=O) groups is 1. The van der Waals surface area contributed by atoms with Gasteiger partial charge in [-0.25, -0.2) is 4.79 Å². The lowest BCUT2D eigenvalue weighted by Crippen LogP contribution is -2.36. The molecule has 1 amide bonds. The minimum atomic E-state index is -0.152. The molecule has 0 saturated carbocycles. The van der Waals surface area contributed by atoms with Crippen LogP contribution in [0, 0.1) is 0 Å². The van der Waals surface area contributed by atoms with Crippen LogP contribution in [0.5, 0.6) is 0 Å². The van der Waals surface area contributed by atoms with E-state index in [4.69, 9.17) is 9.47 Å². The normalized spacial score (nSPS) is 14.1. The van der Waals surface area contributed by atoms with Gasteiger partial charge in [0.15, 0.2) is 0 Å². The smallest absolute Gasteiger partial charge is 0.409 e. The summed E-state index contributed by atoms with van der Waals surface area (Å²) in [4.78, 5) is 17.4. The molecular weight excluding hydrogens is 617 g/mol.